The van der Waals surface area contributed by atoms with Gasteiger partial charge >= 0.3 is 0 Å². The lowest BCUT2D eigenvalue weighted by atomic mass is 9.87. The van der Waals surface area contributed by atoms with Crippen LogP contribution >= 0.6 is 0 Å². The zero-order valence-electron chi connectivity index (χ0n) is 9.97. The Labute approximate surface area is 104 Å². The number of rotatable bonds is 0. The number of hydrogen-bond donors (Lipinski definition) is 0. The molecule has 1 aromatic heterocycles. The highest BCUT2D eigenvalue weighted by Crippen LogP contribution is 2.39. The fraction of sp³-hybridized carbons (Fsp3) is 0.0625. The predicted molar refractivity (Wildman–Crippen MR) is 71.8 cm³/mol. The van der Waals surface area contributed by atoms with Gasteiger partial charge in [0.1, 0.15) is 0 Å². The van der Waals surface area contributed by atoms with E-state index < -0.39 is 0 Å². The van der Waals surface area contributed by atoms with Crippen molar-refractivity contribution in [2.24, 2.45) is 7.05 Å². The lowest BCUT2D eigenvalue weighted by Crippen LogP contribution is -2.10. The minimum Gasteiger partial charge on any atom is -0.349 e. The van der Waals surface area contributed by atoms with E-state index in [1.54, 1.807) is 0 Å². The highest BCUT2D eigenvalue weighted by atomic mass is 16.1. The van der Waals surface area contributed by atoms with Crippen molar-refractivity contribution in [2.45, 2.75) is 0 Å². The van der Waals surface area contributed by atoms with Gasteiger partial charge in [0, 0.05) is 40.7 Å². The summed E-state index contributed by atoms with van der Waals surface area (Å²) in [5.41, 5.74) is 3.82. The van der Waals surface area contributed by atoms with Crippen LogP contribution in [0.2, 0.25) is 0 Å². The summed E-state index contributed by atoms with van der Waals surface area (Å²) in [5.74, 6) is 0.134. The largest absolute Gasteiger partial charge is 0.349 e. The first kappa shape index (κ1) is 9.66. The summed E-state index contributed by atoms with van der Waals surface area (Å²) in [5, 5.41) is 2.22. The Balaban J connectivity index is 2.30. The van der Waals surface area contributed by atoms with Crippen molar-refractivity contribution < 1.29 is 4.79 Å². The highest BCUT2D eigenvalue weighted by molar-refractivity contribution is 6.25. The normalized spacial score (nSPS) is 12.8. The molecule has 2 nitrogen and oxygen atoms in total. The molecule has 2 aromatic carbocycles. The summed E-state index contributed by atoms with van der Waals surface area (Å²) in [7, 11) is 2.03. The summed E-state index contributed by atoms with van der Waals surface area (Å²) in [6.45, 7) is 0. The molecule has 2 heteroatoms. The summed E-state index contributed by atoms with van der Waals surface area (Å²) in [6, 6.07) is 13.8. The fourth-order valence-electron chi connectivity index (χ4n) is 2.94. The number of fused-ring (bicyclic) bond motifs is 2. The lowest BCUT2D eigenvalue weighted by molar-refractivity contribution is 0.104. The van der Waals surface area contributed by atoms with Gasteiger partial charge in [0.2, 0.25) is 0 Å². The number of ketones is 1. The van der Waals surface area contributed by atoms with Crippen LogP contribution < -0.4 is 0 Å². The van der Waals surface area contributed by atoms with E-state index in [2.05, 4.69) is 16.8 Å². The molecule has 0 fully saturated rings. The number of hydrogen-bond acceptors (Lipinski definition) is 1. The second-order valence-corrected chi connectivity index (χ2v) is 4.73. The Hall–Kier alpha value is -2.35. The molecule has 1 heterocycles. The average molecular weight is 233 g/mol. The molecule has 0 unspecified atom stereocenters. The Kier molecular flexibility index (Phi) is 1.67. The zero-order valence-corrected chi connectivity index (χ0v) is 9.97. The number of aromatic nitrogens is 1. The molecule has 86 valence electrons. The predicted octanol–water partition coefficient (Wildman–Crippen LogP) is 3.39. The van der Waals surface area contributed by atoms with Gasteiger partial charge in [-0.3, -0.25) is 4.79 Å². The fourth-order valence-corrected chi connectivity index (χ4v) is 2.94. The van der Waals surface area contributed by atoms with Crippen molar-refractivity contribution in [2.75, 3.05) is 0 Å². The standard InChI is InChI=1S/C16H11NO/c1-17-9-10-5-4-8-13-14(10)15(17)11-6-2-3-7-12(11)16(13)18/h2-9H,1H3. The molecule has 18 heavy (non-hydrogen) atoms. The molecular formula is C16H11NO. The maximum absolute atomic E-state index is 12.5. The van der Waals surface area contributed by atoms with Gasteiger partial charge in [0.15, 0.2) is 5.78 Å². The smallest absolute Gasteiger partial charge is 0.194 e. The van der Waals surface area contributed by atoms with Crippen LogP contribution in [0.4, 0.5) is 0 Å². The zero-order chi connectivity index (χ0) is 12.3. The van der Waals surface area contributed by atoms with E-state index in [4.69, 9.17) is 0 Å². The van der Waals surface area contributed by atoms with E-state index in [1.807, 2.05) is 43.4 Å². The number of nitrogens with zero attached hydrogens (tertiary/aromatic N) is 1. The van der Waals surface area contributed by atoms with Gasteiger partial charge in [0.25, 0.3) is 0 Å². The molecule has 0 saturated carbocycles. The first-order valence-electron chi connectivity index (χ1n) is 5.99. The Morgan fingerprint density at radius 3 is 2.44 bits per heavy atom. The molecule has 0 bridgehead atoms. The molecule has 0 aliphatic heterocycles. The first-order chi connectivity index (χ1) is 8.77. The second kappa shape index (κ2) is 3.10. The minimum absolute atomic E-state index is 0.134. The van der Waals surface area contributed by atoms with Crippen molar-refractivity contribution in [3.05, 3.63) is 59.8 Å². The second-order valence-electron chi connectivity index (χ2n) is 4.73. The van der Waals surface area contributed by atoms with E-state index in [9.17, 15) is 4.79 Å². The molecule has 1 aliphatic rings. The van der Waals surface area contributed by atoms with Crippen LogP contribution in [0, 0.1) is 0 Å². The van der Waals surface area contributed by atoms with Gasteiger partial charge in [-0.25, -0.2) is 0 Å². The van der Waals surface area contributed by atoms with Gasteiger partial charge in [-0.2, -0.15) is 0 Å². The number of carbonyl (C=O) groups excluding carboxylic acids is 1. The molecule has 0 N–H and O–H groups in total. The van der Waals surface area contributed by atoms with Gasteiger partial charge in [-0.05, 0) is 0 Å². The maximum Gasteiger partial charge on any atom is 0.194 e. The van der Waals surface area contributed by atoms with Crippen LogP contribution in [0.25, 0.3) is 22.0 Å². The minimum atomic E-state index is 0.134. The highest BCUT2D eigenvalue weighted by Gasteiger charge is 2.26. The Morgan fingerprint density at radius 2 is 1.61 bits per heavy atom. The van der Waals surface area contributed by atoms with Crippen LogP contribution in [0.1, 0.15) is 15.9 Å². The third-order valence-electron chi connectivity index (χ3n) is 3.69. The van der Waals surface area contributed by atoms with Crippen LogP contribution in [0.5, 0.6) is 0 Å². The number of aryl methyl sites for hydroxylation is 1. The summed E-state index contributed by atoms with van der Waals surface area (Å²) >= 11 is 0. The molecule has 0 spiro atoms. The molecule has 0 saturated heterocycles. The number of benzene rings is 2. The average Bonchev–Trinajstić information content (AvgIpc) is 2.73. The van der Waals surface area contributed by atoms with E-state index in [0.717, 1.165) is 33.2 Å². The topological polar surface area (TPSA) is 22.0 Å². The Morgan fingerprint density at radius 1 is 0.889 bits per heavy atom. The van der Waals surface area contributed by atoms with Crippen molar-refractivity contribution in [3.63, 3.8) is 0 Å². The van der Waals surface area contributed by atoms with Gasteiger partial charge in [0.05, 0.1) is 5.69 Å². The molecule has 4 rings (SSSR count). The van der Waals surface area contributed by atoms with Crippen LogP contribution in [0.15, 0.2) is 48.7 Å². The molecule has 3 aromatic rings. The maximum atomic E-state index is 12.5. The number of carbonyl (C=O) groups is 1. The van der Waals surface area contributed by atoms with Crippen LogP contribution in [0.3, 0.4) is 0 Å². The summed E-state index contributed by atoms with van der Waals surface area (Å²) in [4.78, 5) is 12.5. The van der Waals surface area contributed by atoms with Gasteiger partial charge < -0.3 is 4.57 Å². The molecule has 0 atom stereocenters. The summed E-state index contributed by atoms with van der Waals surface area (Å²) < 4.78 is 2.11. The van der Waals surface area contributed by atoms with Gasteiger partial charge in [-0.1, -0.05) is 42.5 Å². The van der Waals surface area contributed by atoms with E-state index >= 15 is 0 Å². The van der Waals surface area contributed by atoms with E-state index in [0.29, 0.717) is 0 Å². The van der Waals surface area contributed by atoms with Crippen molar-refractivity contribution in [1.82, 2.24) is 4.57 Å². The van der Waals surface area contributed by atoms with E-state index in [1.165, 1.54) is 0 Å². The van der Waals surface area contributed by atoms with Crippen molar-refractivity contribution >= 4 is 16.6 Å². The van der Waals surface area contributed by atoms with Crippen LogP contribution in [-0.4, -0.2) is 10.4 Å². The SMILES string of the molecule is Cn1cc2cccc3c2c1-c1ccccc1C3=O. The lowest BCUT2D eigenvalue weighted by Gasteiger charge is -2.17. The van der Waals surface area contributed by atoms with Crippen molar-refractivity contribution in [1.29, 1.82) is 0 Å². The summed E-state index contributed by atoms with van der Waals surface area (Å²) in [6.07, 6.45) is 2.09. The Bertz CT molecular complexity index is 811. The quantitative estimate of drug-likeness (QED) is 0.456. The third kappa shape index (κ3) is 1.00. The van der Waals surface area contributed by atoms with E-state index in [-0.39, 0.29) is 5.78 Å². The van der Waals surface area contributed by atoms with Gasteiger partial charge in [-0.15, -0.1) is 0 Å². The first-order valence-corrected chi connectivity index (χ1v) is 5.99. The molecule has 0 amide bonds. The molecule has 1 aliphatic carbocycles. The van der Waals surface area contributed by atoms with Crippen molar-refractivity contribution in [3.8, 4) is 11.3 Å². The monoisotopic (exact) mass is 233 g/mol. The molecular weight excluding hydrogens is 222 g/mol. The third-order valence-corrected chi connectivity index (χ3v) is 3.69. The van der Waals surface area contributed by atoms with Crippen LogP contribution in [-0.2, 0) is 7.05 Å². The molecule has 0 radical (unpaired) electrons.